The molecule has 6 nitrogen and oxygen atoms in total. The van der Waals surface area contributed by atoms with E-state index in [-0.39, 0.29) is 16.7 Å². The molecule has 6 heteroatoms. The van der Waals surface area contributed by atoms with Crippen molar-refractivity contribution in [2.75, 3.05) is 0 Å². The van der Waals surface area contributed by atoms with Crippen LogP contribution in [-0.2, 0) is 14.4 Å². The van der Waals surface area contributed by atoms with Crippen molar-refractivity contribution >= 4 is 17.8 Å². The summed E-state index contributed by atoms with van der Waals surface area (Å²) in [7, 11) is 0. The summed E-state index contributed by atoms with van der Waals surface area (Å²) in [4.78, 5) is 33.3. The fourth-order valence-electron chi connectivity index (χ4n) is 2.48. The highest BCUT2D eigenvalue weighted by Crippen LogP contribution is 2.68. The average molecular weight is 257 g/mol. The number of rotatable bonds is 5. The van der Waals surface area contributed by atoms with Gasteiger partial charge in [0.25, 0.3) is 0 Å². The molecule has 0 spiro atoms. The van der Waals surface area contributed by atoms with Crippen molar-refractivity contribution in [2.45, 2.75) is 40.2 Å². The zero-order valence-electron chi connectivity index (χ0n) is 11.0. The van der Waals surface area contributed by atoms with Crippen LogP contribution in [0, 0.1) is 16.7 Å². The molecule has 0 saturated heterocycles. The van der Waals surface area contributed by atoms with E-state index in [9.17, 15) is 14.4 Å². The molecular weight excluding hydrogens is 238 g/mol. The van der Waals surface area contributed by atoms with E-state index in [1.165, 1.54) is 0 Å². The smallest absolute Gasteiger partial charge is 0.326 e. The van der Waals surface area contributed by atoms with Gasteiger partial charge in [-0.3, -0.25) is 9.59 Å². The summed E-state index contributed by atoms with van der Waals surface area (Å²) in [5.41, 5.74) is -0.410. The molecule has 1 fully saturated rings. The molecule has 0 aliphatic heterocycles. The maximum Gasteiger partial charge on any atom is 0.326 e. The molecule has 1 amide bonds. The lowest BCUT2D eigenvalue weighted by Crippen LogP contribution is -2.43. The van der Waals surface area contributed by atoms with Gasteiger partial charge in [-0.05, 0) is 10.8 Å². The van der Waals surface area contributed by atoms with E-state index < -0.39 is 30.3 Å². The Labute approximate surface area is 105 Å². The summed E-state index contributed by atoms with van der Waals surface area (Å²) < 4.78 is 0. The highest BCUT2D eigenvalue weighted by atomic mass is 16.4. The van der Waals surface area contributed by atoms with Crippen molar-refractivity contribution in [2.24, 2.45) is 16.7 Å². The summed E-state index contributed by atoms with van der Waals surface area (Å²) in [6, 6.07) is -1.37. The first-order valence-electron chi connectivity index (χ1n) is 5.76. The van der Waals surface area contributed by atoms with Gasteiger partial charge in [0, 0.05) is 5.92 Å². The van der Waals surface area contributed by atoms with Crippen LogP contribution in [0.5, 0.6) is 0 Å². The molecule has 1 unspecified atom stereocenters. The summed E-state index contributed by atoms with van der Waals surface area (Å²) in [5.74, 6) is -3.27. The molecular formula is C12H19NO5. The van der Waals surface area contributed by atoms with Crippen LogP contribution in [-0.4, -0.2) is 34.1 Å². The van der Waals surface area contributed by atoms with Crippen molar-refractivity contribution in [3.63, 3.8) is 0 Å². The van der Waals surface area contributed by atoms with E-state index in [4.69, 9.17) is 10.2 Å². The first-order chi connectivity index (χ1) is 8.01. The van der Waals surface area contributed by atoms with E-state index in [1.807, 2.05) is 27.7 Å². The number of hydrogen-bond donors (Lipinski definition) is 3. The van der Waals surface area contributed by atoms with Crippen molar-refractivity contribution in [1.29, 1.82) is 0 Å². The molecule has 1 saturated carbocycles. The van der Waals surface area contributed by atoms with Gasteiger partial charge in [-0.1, -0.05) is 27.7 Å². The second kappa shape index (κ2) is 4.26. The average Bonchev–Trinajstić information content (AvgIpc) is 2.54. The Morgan fingerprint density at radius 1 is 1.11 bits per heavy atom. The molecule has 0 bridgehead atoms. The van der Waals surface area contributed by atoms with E-state index in [0.717, 1.165) is 0 Å². The molecule has 1 rings (SSSR count). The van der Waals surface area contributed by atoms with Crippen molar-refractivity contribution in [3.05, 3.63) is 0 Å². The van der Waals surface area contributed by atoms with Gasteiger partial charge in [-0.15, -0.1) is 0 Å². The Bertz CT molecular complexity index is 385. The van der Waals surface area contributed by atoms with E-state index in [2.05, 4.69) is 5.32 Å². The van der Waals surface area contributed by atoms with Gasteiger partial charge < -0.3 is 15.5 Å². The molecule has 18 heavy (non-hydrogen) atoms. The normalized spacial score (nSPS) is 22.0. The molecule has 1 aliphatic rings. The predicted molar refractivity (Wildman–Crippen MR) is 62.9 cm³/mol. The van der Waals surface area contributed by atoms with Gasteiger partial charge in [0.2, 0.25) is 5.91 Å². The first-order valence-corrected chi connectivity index (χ1v) is 5.76. The number of carboxylic acids is 2. The minimum Gasteiger partial charge on any atom is -0.481 e. The quantitative estimate of drug-likeness (QED) is 0.673. The lowest BCUT2D eigenvalue weighted by atomic mass is 10.0. The second-order valence-electron chi connectivity index (χ2n) is 5.87. The van der Waals surface area contributed by atoms with Gasteiger partial charge in [-0.2, -0.15) is 0 Å². The lowest BCUT2D eigenvalue weighted by Gasteiger charge is -2.13. The SMILES string of the molecule is CC1(C)C(C(=O)NC(CC(=O)O)C(=O)O)C1(C)C. The van der Waals surface area contributed by atoms with Crippen LogP contribution >= 0.6 is 0 Å². The van der Waals surface area contributed by atoms with Crippen LogP contribution in [0.25, 0.3) is 0 Å². The molecule has 0 heterocycles. The standard InChI is InChI=1S/C12H19NO5/c1-11(2)8(12(11,3)4)9(16)13-6(10(17)18)5-7(14)15/h6,8H,5H2,1-4H3,(H,13,16)(H,14,15)(H,17,18). The predicted octanol–water partition coefficient (Wildman–Crippen LogP) is 0.713. The third-order valence-electron chi connectivity index (χ3n) is 4.28. The van der Waals surface area contributed by atoms with Crippen molar-refractivity contribution < 1.29 is 24.6 Å². The summed E-state index contributed by atoms with van der Waals surface area (Å²) in [6.07, 6.45) is -0.616. The van der Waals surface area contributed by atoms with Crippen LogP contribution in [0.1, 0.15) is 34.1 Å². The topological polar surface area (TPSA) is 104 Å². The Hall–Kier alpha value is -1.59. The van der Waals surface area contributed by atoms with Gasteiger partial charge in [0.1, 0.15) is 6.04 Å². The van der Waals surface area contributed by atoms with E-state index >= 15 is 0 Å². The number of nitrogens with one attached hydrogen (secondary N) is 1. The summed E-state index contributed by atoms with van der Waals surface area (Å²) in [5, 5.41) is 19.7. The minimum atomic E-state index is -1.37. The number of carbonyl (C=O) groups is 3. The third-order valence-corrected chi connectivity index (χ3v) is 4.28. The largest absolute Gasteiger partial charge is 0.481 e. The zero-order chi connectivity index (χ0) is 14.3. The molecule has 0 radical (unpaired) electrons. The molecule has 102 valence electrons. The number of amides is 1. The van der Waals surface area contributed by atoms with Gasteiger partial charge in [0.15, 0.2) is 0 Å². The molecule has 1 atom stereocenters. The molecule has 0 aromatic carbocycles. The maximum atomic E-state index is 12.0. The van der Waals surface area contributed by atoms with Crippen LogP contribution in [0.15, 0.2) is 0 Å². The number of carboxylic acid groups (broad SMARTS) is 2. The Morgan fingerprint density at radius 3 is 1.83 bits per heavy atom. The summed E-state index contributed by atoms with van der Waals surface area (Å²) in [6.45, 7) is 7.74. The van der Waals surface area contributed by atoms with Gasteiger partial charge >= 0.3 is 11.9 Å². The first kappa shape index (κ1) is 14.5. The second-order valence-corrected chi connectivity index (χ2v) is 5.87. The third kappa shape index (κ3) is 2.32. The van der Waals surface area contributed by atoms with Crippen molar-refractivity contribution in [1.82, 2.24) is 5.32 Å². The summed E-state index contributed by atoms with van der Waals surface area (Å²) >= 11 is 0. The van der Waals surface area contributed by atoms with E-state index in [1.54, 1.807) is 0 Å². The van der Waals surface area contributed by atoms with Gasteiger partial charge in [-0.25, -0.2) is 4.79 Å². The Morgan fingerprint density at radius 2 is 1.56 bits per heavy atom. The number of aliphatic carboxylic acids is 2. The fraction of sp³-hybridized carbons (Fsp3) is 0.750. The fourth-order valence-corrected chi connectivity index (χ4v) is 2.48. The zero-order valence-corrected chi connectivity index (χ0v) is 11.0. The Kier molecular flexibility index (Phi) is 3.42. The molecule has 0 aromatic rings. The molecule has 3 N–H and O–H groups in total. The highest BCUT2D eigenvalue weighted by molar-refractivity contribution is 5.90. The maximum absolute atomic E-state index is 12.0. The van der Waals surface area contributed by atoms with Gasteiger partial charge in [0.05, 0.1) is 6.42 Å². The van der Waals surface area contributed by atoms with Crippen LogP contribution in [0.4, 0.5) is 0 Å². The number of carbonyl (C=O) groups excluding carboxylic acids is 1. The molecule has 1 aliphatic carbocycles. The van der Waals surface area contributed by atoms with Crippen LogP contribution in [0.2, 0.25) is 0 Å². The minimum absolute atomic E-state index is 0.205. The highest BCUT2D eigenvalue weighted by Gasteiger charge is 2.68. The molecule has 0 aromatic heterocycles. The Balaban J connectivity index is 2.70. The lowest BCUT2D eigenvalue weighted by molar-refractivity contribution is -0.147. The van der Waals surface area contributed by atoms with Crippen LogP contribution in [0.3, 0.4) is 0 Å². The van der Waals surface area contributed by atoms with Crippen molar-refractivity contribution in [3.8, 4) is 0 Å². The monoisotopic (exact) mass is 257 g/mol. The number of hydrogen-bond acceptors (Lipinski definition) is 3. The van der Waals surface area contributed by atoms with E-state index in [0.29, 0.717) is 0 Å². The van der Waals surface area contributed by atoms with Crippen LogP contribution < -0.4 is 5.32 Å².